The van der Waals surface area contributed by atoms with Crippen molar-refractivity contribution in [3.8, 4) is 11.5 Å². The number of hydrogen-bond donors (Lipinski definition) is 1. The van der Waals surface area contributed by atoms with Crippen LogP contribution >= 0.6 is 23.2 Å². The van der Waals surface area contributed by atoms with Gasteiger partial charge < -0.3 is 9.47 Å². The van der Waals surface area contributed by atoms with Crippen LogP contribution < -0.4 is 14.9 Å². The van der Waals surface area contributed by atoms with Gasteiger partial charge in [-0.05, 0) is 67.4 Å². The molecule has 1 amide bonds. The summed E-state index contributed by atoms with van der Waals surface area (Å²) in [5.41, 5.74) is 4.52. The van der Waals surface area contributed by atoms with E-state index in [1.54, 1.807) is 48.5 Å². The lowest BCUT2D eigenvalue weighted by Gasteiger charge is -2.22. The van der Waals surface area contributed by atoms with E-state index < -0.39 is 22.5 Å². The zero-order valence-corrected chi connectivity index (χ0v) is 22.9. The van der Waals surface area contributed by atoms with Crippen LogP contribution in [0.5, 0.6) is 11.5 Å². The molecule has 37 heavy (non-hydrogen) atoms. The fourth-order valence-corrected chi connectivity index (χ4v) is 5.05. The number of rotatable bonds is 11. The van der Waals surface area contributed by atoms with E-state index in [1.807, 2.05) is 13.8 Å². The molecule has 0 aliphatic rings. The van der Waals surface area contributed by atoms with Crippen LogP contribution in [0, 0.1) is 6.92 Å². The Kier molecular flexibility index (Phi) is 9.93. The Bertz CT molecular complexity index is 1380. The molecule has 3 aromatic carbocycles. The number of aryl methyl sites for hydroxylation is 1. The van der Waals surface area contributed by atoms with Crippen molar-refractivity contribution < 1.29 is 22.7 Å². The maximum Gasteiger partial charge on any atom is 0.255 e. The predicted octanol–water partition coefficient (Wildman–Crippen LogP) is 5.05. The number of halogens is 2. The molecule has 0 radical (unpaired) electrons. The van der Waals surface area contributed by atoms with Crippen molar-refractivity contribution in [1.82, 2.24) is 9.73 Å². The second-order valence-corrected chi connectivity index (χ2v) is 10.7. The quantitative estimate of drug-likeness (QED) is 0.260. The number of ether oxygens (including phenoxy) is 2. The van der Waals surface area contributed by atoms with Crippen molar-refractivity contribution >= 4 is 45.3 Å². The molecule has 0 atom stereocenters. The molecular weight excluding hydrogens is 537 g/mol. The lowest BCUT2D eigenvalue weighted by atomic mass is 10.2. The second kappa shape index (κ2) is 12.9. The Labute approximate surface area is 226 Å². The van der Waals surface area contributed by atoms with Gasteiger partial charge in [0.25, 0.3) is 5.91 Å². The molecule has 0 aliphatic carbocycles. The first-order chi connectivity index (χ1) is 17.6. The summed E-state index contributed by atoms with van der Waals surface area (Å²) in [5.74, 6) is 0.490. The summed E-state index contributed by atoms with van der Waals surface area (Å²) < 4.78 is 38.7. The van der Waals surface area contributed by atoms with E-state index in [1.165, 1.54) is 25.5 Å². The van der Waals surface area contributed by atoms with Gasteiger partial charge in [0.1, 0.15) is 0 Å². The number of methoxy groups -OCH3 is 1. The number of carbonyl (C=O) groups is 1. The Morgan fingerprint density at radius 3 is 2.41 bits per heavy atom. The lowest BCUT2D eigenvalue weighted by Crippen LogP contribution is -2.39. The molecule has 0 unspecified atom stereocenters. The Morgan fingerprint density at radius 2 is 1.76 bits per heavy atom. The minimum Gasteiger partial charge on any atom is -0.493 e. The van der Waals surface area contributed by atoms with E-state index in [0.717, 1.165) is 9.87 Å². The molecule has 3 aromatic rings. The summed E-state index contributed by atoms with van der Waals surface area (Å²) in [6, 6.07) is 16.4. The molecule has 0 spiro atoms. The third-order valence-corrected chi connectivity index (χ3v) is 7.76. The summed E-state index contributed by atoms with van der Waals surface area (Å²) in [4.78, 5) is 12.8. The minimum absolute atomic E-state index is 0.0657. The fourth-order valence-electron chi connectivity index (χ4n) is 3.34. The largest absolute Gasteiger partial charge is 0.493 e. The first kappa shape index (κ1) is 28.5. The highest BCUT2D eigenvalue weighted by Gasteiger charge is 2.27. The van der Waals surface area contributed by atoms with Crippen LogP contribution in [-0.4, -0.2) is 45.1 Å². The molecule has 0 fully saturated rings. The Hall–Kier alpha value is -3.11. The normalized spacial score (nSPS) is 11.6. The summed E-state index contributed by atoms with van der Waals surface area (Å²) in [6.45, 7) is 3.65. The zero-order chi connectivity index (χ0) is 27.0. The van der Waals surface area contributed by atoms with Gasteiger partial charge in [0, 0.05) is 6.54 Å². The number of sulfonamides is 1. The third kappa shape index (κ3) is 7.69. The topological polar surface area (TPSA) is 97.3 Å². The highest BCUT2D eigenvalue weighted by atomic mass is 35.5. The smallest absolute Gasteiger partial charge is 0.255 e. The van der Waals surface area contributed by atoms with Crippen molar-refractivity contribution in [3.63, 3.8) is 0 Å². The van der Waals surface area contributed by atoms with Crippen LogP contribution in [0.2, 0.25) is 10.0 Å². The van der Waals surface area contributed by atoms with E-state index in [9.17, 15) is 13.2 Å². The molecule has 0 aliphatic heterocycles. The van der Waals surface area contributed by atoms with Gasteiger partial charge in [0.05, 0.1) is 41.4 Å². The van der Waals surface area contributed by atoms with E-state index in [4.69, 9.17) is 32.7 Å². The average molecular weight is 564 g/mol. The monoisotopic (exact) mass is 563 g/mol. The molecule has 0 saturated carbocycles. The first-order valence-corrected chi connectivity index (χ1v) is 13.5. The maximum absolute atomic E-state index is 13.4. The molecule has 11 heteroatoms. The van der Waals surface area contributed by atoms with E-state index in [0.29, 0.717) is 34.3 Å². The van der Waals surface area contributed by atoms with Gasteiger partial charge in [-0.25, -0.2) is 13.8 Å². The highest BCUT2D eigenvalue weighted by Crippen LogP contribution is 2.28. The van der Waals surface area contributed by atoms with Crippen LogP contribution in [0.3, 0.4) is 0 Å². The lowest BCUT2D eigenvalue weighted by molar-refractivity contribution is -0.121. The number of nitrogens with zero attached hydrogens (tertiary/aromatic N) is 2. The van der Waals surface area contributed by atoms with Gasteiger partial charge in [0.2, 0.25) is 10.0 Å². The van der Waals surface area contributed by atoms with Crippen molar-refractivity contribution in [3.05, 3.63) is 87.4 Å². The summed E-state index contributed by atoms with van der Waals surface area (Å²) in [5, 5.41) is 4.59. The van der Waals surface area contributed by atoms with E-state index >= 15 is 0 Å². The van der Waals surface area contributed by atoms with Gasteiger partial charge in [0.15, 0.2) is 11.5 Å². The number of hydrogen-bond acceptors (Lipinski definition) is 6. The van der Waals surface area contributed by atoms with Crippen molar-refractivity contribution in [1.29, 1.82) is 0 Å². The Morgan fingerprint density at radius 1 is 1.03 bits per heavy atom. The molecule has 0 heterocycles. The summed E-state index contributed by atoms with van der Waals surface area (Å²) in [7, 11) is -2.49. The van der Waals surface area contributed by atoms with Crippen molar-refractivity contribution in [2.45, 2.75) is 25.3 Å². The number of carbonyl (C=O) groups excluding carboxylic acids is 1. The molecule has 0 saturated heterocycles. The van der Waals surface area contributed by atoms with Crippen molar-refractivity contribution in [2.75, 3.05) is 20.3 Å². The van der Waals surface area contributed by atoms with Crippen LogP contribution in [0.15, 0.2) is 70.7 Å². The molecule has 8 nitrogen and oxygen atoms in total. The fraction of sp³-hybridized carbons (Fsp3) is 0.231. The molecular formula is C26H27Cl2N3O5S. The van der Waals surface area contributed by atoms with Gasteiger partial charge in [-0.3, -0.25) is 4.79 Å². The number of amides is 1. The van der Waals surface area contributed by atoms with Gasteiger partial charge in [-0.1, -0.05) is 47.0 Å². The third-order valence-electron chi connectivity index (χ3n) is 5.21. The van der Waals surface area contributed by atoms with Gasteiger partial charge in [-0.15, -0.1) is 0 Å². The van der Waals surface area contributed by atoms with Crippen LogP contribution in [0.4, 0.5) is 0 Å². The van der Waals surface area contributed by atoms with Gasteiger partial charge >= 0.3 is 0 Å². The summed E-state index contributed by atoms with van der Waals surface area (Å²) in [6.07, 6.45) is 1.42. The van der Waals surface area contributed by atoms with Crippen LogP contribution in [0.25, 0.3) is 0 Å². The zero-order valence-electron chi connectivity index (χ0n) is 20.6. The van der Waals surface area contributed by atoms with E-state index in [-0.39, 0.29) is 16.5 Å². The highest BCUT2D eigenvalue weighted by molar-refractivity contribution is 7.89. The second-order valence-electron chi connectivity index (χ2n) is 7.97. The van der Waals surface area contributed by atoms with Gasteiger partial charge in [-0.2, -0.15) is 9.41 Å². The molecule has 0 aromatic heterocycles. The number of benzene rings is 3. The predicted molar refractivity (Wildman–Crippen MR) is 145 cm³/mol. The maximum atomic E-state index is 13.4. The average Bonchev–Trinajstić information content (AvgIpc) is 2.87. The Balaban J connectivity index is 1.79. The number of nitrogens with one attached hydrogen (secondary N) is 1. The standard InChI is InChI=1S/C26H27Cl2N3O5S/c1-4-36-24-12-8-19(14-25(24)35-3)15-29-30-26(32)17-31(16-20-7-11-22(27)23(28)13-20)37(33,34)21-9-5-18(2)6-10-21/h5-15H,4,16-17H2,1-3H3,(H,30,32)/b29-15-. The van der Waals surface area contributed by atoms with Crippen LogP contribution in [-0.2, 0) is 21.4 Å². The molecule has 1 N–H and O–H groups in total. The summed E-state index contributed by atoms with van der Waals surface area (Å²) >= 11 is 12.1. The number of hydrazone groups is 1. The van der Waals surface area contributed by atoms with Crippen LogP contribution in [0.1, 0.15) is 23.6 Å². The SMILES string of the molecule is CCOc1ccc(/C=N\NC(=O)CN(Cc2ccc(Cl)c(Cl)c2)S(=O)(=O)c2ccc(C)cc2)cc1OC. The van der Waals surface area contributed by atoms with E-state index in [2.05, 4.69) is 10.5 Å². The minimum atomic E-state index is -4.02. The molecule has 3 rings (SSSR count). The van der Waals surface area contributed by atoms with Crippen molar-refractivity contribution in [2.24, 2.45) is 5.10 Å². The first-order valence-electron chi connectivity index (χ1n) is 11.3. The molecule has 196 valence electrons. The molecule has 0 bridgehead atoms.